The van der Waals surface area contributed by atoms with Gasteiger partial charge in [-0.2, -0.15) is 0 Å². The molecule has 0 aromatic heterocycles. The smallest absolute Gasteiger partial charge is 0.220 e. The van der Waals surface area contributed by atoms with Gasteiger partial charge in [0.2, 0.25) is 5.91 Å². The fourth-order valence-corrected chi connectivity index (χ4v) is 4.79. The Balaban J connectivity index is 1.31. The highest BCUT2D eigenvalue weighted by atomic mass is 19.1. The first-order valence-corrected chi connectivity index (χ1v) is 11.6. The predicted molar refractivity (Wildman–Crippen MR) is 119 cm³/mol. The lowest BCUT2D eigenvalue weighted by molar-refractivity contribution is -0.122. The van der Waals surface area contributed by atoms with E-state index in [1.165, 1.54) is 25.3 Å². The average Bonchev–Trinajstić information content (AvgIpc) is 2.76. The van der Waals surface area contributed by atoms with Crippen molar-refractivity contribution in [3.05, 3.63) is 29.6 Å². The molecule has 0 unspecified atom stereocenters. The van der Waals surface area contributed by atoms with Crippen LogP contribution in [0.15, 0.2) is 18.2 Å². The quantitative estimate of drug-likeness (QED) is 0.619. The molecule has 1 aromatic rings. The Hall–Kier alpha value is -1.66. The third-order valence-electron chi connectivity index (χ3n) is 6.77. The number of rotatable bonds is 9. The predicted octanol–water partition coefficient (Wildman–Crippen LogP) is 3.75. The van der Waals surface area contributed by atoms with E-state index in [9.17, 15) is 9.18 Å². The molecule has 1 saturated heterocycles. The highest BCUT2D eigenvalue weighted by molar-refractivity contribution is 5.76. The number of hydrogen-bond acceptors (Lipinski definition) is 4. The molecule has 3 rings (SSSR count). The van der Waals surface area contributed by atoms with E-state index in [4.69, 9.17) is 4.74 Å². The molecular weight excluding hydrogens is 381 g/mol. The van der Waals surface area contributed by atoms with Gasteiger partial charge >= 0.3 is 0 Å². The Morgan fingerprint density at radius 3 is 2.60 bits per heavy atom. The molecule has 1 aromatic carbocycles. The number of benzene rings is 1. The van der Waals surface area contributed by atoms with Gasteiger partial charge in [0.1, 0.15) is 5.82 Å². The van der Waals surface area contributed by atoms with Gasteiger partial charge in [0.25, 0.3) is 0 Å². The maximum Gasteiger partial charge on any atom is 0.220 e. The molecule has 30 heavy (non-hydrogen) atoms. The van der Waals surface area contributed by atoms with E-state index < -0.39 is 0 Å². The molecule has 0 radical (unpaired) electrons. The summed E-state index contributed by atoms with van der Waals surface area (Å²) in [7, 11) is 1.67. The van der Waals surface area contributed by atoms with Crippen LogP contribution in [0.2, 0.25) is 0 Å². The van der Waals surface area contributed by atoms with Gasteiger partial charge in [-0.3, -0.25) is 9.69 Å². The molecule has 168 valence electrons. The van der Waals surface area contributed by atoms with Crippen molar-refractivity contribution in [1.29, 1.82) is 0 Å². The van der Waals surface area contributed by atoms with Crippen LogP contribution >= 0.6 is 0 Å². The van der Waals surface area contributed by atoms with Crippen LogP contribution in [-0.2, 0) is 9.53 Å². The van der Waals surface area contributed by atoms with Crippen molar-refractivity contribution in [2.75, 3.05) is 51.3 Å². The average molecular weight is 420 g/mol. The molecular formula is C24H38FN3O2. The molecule has 0 spiro atoms. The van der Waals surface area contributed by atoms with Gasteiger partial charge in [0, 0.05) is 63.6 Å². The molecule has 0 atom stereocenters. The minimum Gasteiger partial charge on any atom is -0.385 e. The van der Waals surface area contributed by atoms with Crippen LogP contribution in [-0.4, -0.2) is 63.3 Å². The van der Waals surface area contributed by atoms with Gasteiger partial charge in [-0.25, -0.2) is 4.39 Å². The van der Waals surface area contributed by atoms with Crippen LogP contribution in [0, 0.1) is 18.7 Å². The molecule has 2 aliphatic rings. The number of halogens is 1. The Bertz CT molecular complexity index is 668. The summed E-state index contributed by atoms with van der Waals surface area (Å²) in [6.07, 6.45) is 7.24. The van der Waals surface area contributed by atoms with Gasteiger partial charge in [-0.05, 0) is 70.0 Å². The molecule has 1 aliphatic carbocycles. The summed E-state index contributed by atoms with van der Waals surface area (Å²) in [5.74, 6) is 0.828. The fraction of sp³-hybridized carbons (Fsp3) is 0.708. The van der Waals surface area contributed by atoms with Gasteiger partial charge in [0.15, 0.2) is 0 Å². The number of methoxy groups -OCH3 is 1. The zero-order valence-corrected chi connectivity index (χ0v) is 18.7. The number of nitrogens with zero attached hydrogens (tertiary/aromatic N) is 2. The summed E-state index contributed by atoms with van der Waals surface area (Å²) in [5.41, 5.74) is 1.80. The Morgan fingerprint density at radius 1 is 1.17 bits per heavy atom. The number of carbonyl (C=O) groups is 1. The zero-order valence-electron chi connectivity index (χ0n) is 18.7. The minimum absolute atomic E-state index is 0.114. The van der Waals surface area contributed by atoms with Crippen molar-refractivity contribution in [3.8, 4) is 0 Å². The van der Waals surface area contributed by atoms with Crippen molar-refractivity contribution in [2.45, 2.75) is 57.9 Å². The molecule has 1 amide bonds. The zero-order chi connectivity index (χ0) is 21.3. The molecule has 1 saturated carbocycles. The maximum absolute atomic E-state index is 13.8. The number of amides is 1. The first-order valence-electron chi connectivity index (χ1n) is 11.6. The number of nitrogens with one attached hydrogen (secondary N) is 1. The second-order valence-electron chi connectivity index (χ2n) is 8.88. The number of carbonyl (C=O) groups excluding carboxylic acids is 1. The van der Waals surface area contributed by atoms with E-state index in [2.05, 4.69) is 15.1 Å². The number of anilines is 1. The SMILES string of the molecule is COCCCC(=O)N[C@H]1CC[C@H](CCN2CCN(c3cccc(F)c3C)CC2)CC1. The lowest BCUT2D eigenvalue weighted by atomic mass is 9.84. The van der Waals surface area contributed by atoms with Crippen molar-refractivity contribution in [3.63, 3.8) is 0 Å². The normalized spacial score (nSPS) is 22.8. The molecule has 1 heterocycles. The van der Waals surface area contributed by atoms with E-state index in [0.29, 0.717) is 19.1 Å². The lowest BCUT2D eigenvalue weighted by Crippen LogP contribution is -2.47. The number of piperazine rings is 1. The monoisotopic (exact) mass is 419 g/mol. The van der Waals surface area contributed by atoms with Gasteiger partial charge in [0.05, 0.1) is 0 Å². The number of hydrogen-bond donors (Lipinski definition) is 1. The van der Waals surface area contributed by atoms with Crippen molar-refractivity contribution in [2.24, 2.45) is 5.92 Å². The first-order chi connectivity index (χ1) is 14.6. The molecule has 2 fully saturated rings. The summed E-state index contributed by atoms with van der Waals surface area (Å²) >= 11 is 0. The maximum atomic E-state index is 13.8. The van der Waals surface area contributed by atoms with E-state index in [1.807, 2.05) is 19.1 Å². The second-order valence-corrected chi connectivity index (χ2v) is 8.88. The third-order valence-corrected chi connectivity index (χ3v) is 6.77. The third kappa shape index (κ3) is 6.67. The fourth-order valence-electron chi connectivity index (χ4n) is 4.79. The first kappa shape index (κ1) is 23.0. The van der Waals surface area contributed by atoms with Crippen LogP contribution in [0.4, 0.5) is 10.1 Å². The van der Waals surface area contributed by atoms with Crippen LogP contribution in [0.1, 0.15) is 50.5 Å². The molecule has 1 N–H and O–H groups in total. The van der Waals surface area contributed by atoms with Gasteiger partial charge < -0.3 is 15.0 Å². The van der Waals surface area contributed by atoms with E-state index in [0.717, 1.165) is 69.2 Å². The molecule has 5 nitrogen and oxygen atoms in total. The largest absolute Gasteiger partial charge is 0.385 e. The highest BCUT2D eigenvalue weighted by Crippen LogP contribution is 2.28. The molecule has 1 aliphatic heterocycles. The Kier molecular flexibility index (Phi) is 8.94. The Labute approximate surface area is 180 Å². The standard InChI is InChI=1S/C24H38FN3O2/c1-19-22(25)5-3-6-23(19)28-16-14-27(15-17-28)13-12-20-8-10-21(11-9-20)26-24(29)7-4-18-30-2/h3,5-6,20-21H,4,7-18H2,1-2H3,(H,26,29)/t20-,21-. The van der Waals surface area contributed by atoms with Gasteiger partial charge in [-0.1, -0.05) is 6.07 Å². The Morgan fingerprint density at radius 2 is 1.90 bits per heavy atom. The highest BCUT2D eigenvalue weighted by Gasteiger charge is 2.24. The topological polar surface area (TPSA) is 44.8 Å². The second kappa shape index (κ2) is 11.7. The molecule has 0 bridgehead atoms. The summed E-state index contributed by atoms with van der Waals surface area (Å²) < 4.78 is 18.8. The summed E-state index contributed by atoms with van der Waals surface area (Å²) in [5, 5.41) is 3.20. The van der Waals surface area contributed by atoms with Crippen molar-refractivity contribution < 1.29 is 13.9 Å². The van der Waals surface area contributed by atoms with Crippen LogP contribution in [0.25, 0.3) is 0 Å². The van der Waals surface area contributed by atoms with E-state index in [1.54, 1.807) is 7.11 Å². The van der Waals surface area contributed by atoms with Crippen LogP contribution in [0.5, 0.6) is 0 Å². The van der Waals surface area contributed by atoms with Crippen LogP contribution in [0.3, 0.4) is 0 Å². The summed E-state index contributed by atoms with van der Waals surface area (Å²) in [6, 6.07) is 5.73. The minimum atomic E-state index is -0.114. The number of ether oxygens (including phenoxy) is 1. The summed E-state index contributed by atoms with van der Waals surface area (Å²) in [4.78, 5) is 16.8. The van der Waals surface area contributed by atoms with Crippen molar-refractivity contribution >= 4 is 11.6 Å². The van der Waals surface area contributed by atoms with Crippen LogP contribution < -0.4 is 10.2 Å². The lowest BCUT2D eigenvalue weighted by Gasteiger charge is -2.38. The van der Waals surface area contributed by atoms with E-state index >= 15 is 0 Å². The molecule has 6 heteroatoms. The van der Waals surface area contributed by atoms with Crippen molar-refractivity contribution in [1.82, 2.24) is 10.2 Å². The van der Waals surface area contributed by atoms with Gasteiger partial charge in [-0.15, -0.1) is 0 Å². The summed E-state index contributed by atoms with van der Waals surface area (Å²) in [6.45, 7) is 7.68. The van der Waals surface area contributed by atoms with E-state index in [-0.39, 0.29) is 11.7 Å².